The van der Waals surface area contributed by atoms with E-state index in [1.54, 1.807) is 0 Å². The van der Waals surface area contributed by atoms with Gasteiger partial charge >= 0.3 is 0 Å². The van der Waals surface area contributed by atoms with Gasteiger partial charge in [-0.15, -0.1) is 0 Å². The molecule has 2 bridgehead atoms. The summed E-state index contributed by atoms with van der Waals surface area (Å²) in [5.41, 5.74) is 9.36. The van der Waals surface area contributed by atoms with Gasteiger partial charge in [-0.25, -0.2) is 8.42 Å². The number of hydrogen-bond acceptors (Lipinski definition) is 3. The maximum Gasteiger partial charge on any atom is 0.207 e. The molecule has 0 N–H and O–H groups in total. The van der Waals surface area contributed by atoms with Crippen LogP contribution >= 0.6 is 0 Å². The SMILES string of the molecule is O=S1(=O)c2ccccc2C2(c3cc(N(c4ccc(-c5ccccc5)cc4)c4ccccc4-c4ccccc4)ccc31)C1CCCC2CCC1. The van der Waals surface area contributed by atoms with E-state index >= 15 is 0 Å². The fraction of sp³-hybridized carbons (Fsp3) is 0.200. The Bertz CT molecular complexity index is 2240. The molecule has 3 nitrogen and oxygen atoms in total. The molecule has 242 valence electrons. The molecule has 1 aliphatic heterocycles. The second-order valence-corrected chi connectivity index (χ2v) is 15.8. The van der Waals surface area contributed by atoms with Gasteiger partial charge in [-0.3, -0.25) is 0 Å². The van der Waals surface area contributed by atoms with Gasteiger partial charge in [0.1, 0.15) is 0 Å². The minimum atomic E-state index is -3.69. The van der Waals surface area contributed by atoms with Crippen molar-refractivity contribution in [3.8, 4) is 22.3 Å². The first-order chi connectivity index (χ1) is 24.1. The van der Waals surface area contributed by atoms with Crippen LogP contribution in [0.4, 0.5) is 17.1 Å². The van der Waals surface area contributed by atoms with Crippen molar-refractivity contribution in [3.05, 3.63) is 163 Å². The van der Waals surface area contributed by atoms with Crippen LogP contribution in [0.1, 0.15) is 49.7 Å². The highest BCUT2D eigenvalue weighted by Crippen LogP contribution is 2.63. The lowest BCUT2D eigenvalue weighted by molar-refractivity contribution is 0.0783. The second-order valence-electron chi connectivity index (χ2n) is 13.9. The summed E-state index contributed by atoms with van der Waals surface area (Å²) in [4.78, 5) is 3.33. The third-order valence-electron chi connectivity index (χ3n) is 11.5. The maximum atomic E-state index is 14.5. The van der Waals surface area contributed by atoms with Gasteiger partial charge in [-0.05, 0) is 108 Å². The van der Waals surface area contributed by atoms with Crippen molar-refractivity contribution < 1.29 is 8.42 Å². The van der Waals surface area contributed by atoms with Crippen LogP contribution in [0.5, 0.6) is 0 Å². The monoisotopic (exact) mass is 657 g/mol. The predicted octanol–water partition coefficient (Wildman–Crippen LogP) is 11.5. The third-order valence-corrected chi connectivity index (χ3v) is 13.4. The van der Waals surface area contributed by atoms with E-state index in [4.69, 9.17) is 0 Å². The molecule has 4 heteroatoms. The molecule has 49 heavy (non-hydrogen) atoms. The van der Waals surface area contributed by atoms with Gasteiger partial charge in [-0.2, -0.15) is 0 Å². The fourth-order valence-corrected chi connectivity index (χ4v) is 11.3. The summed E-state index contributed by atoms with van der Waals surface area (Å²) in [6, 6.07) is 52.4. The Morgan fingerprint density at radius 3 is 1.71 bits per heavy atom. The zero-order chi connectivity index (χ0) is 33.0. The van der Waals surface area contributed by atoms with Crippen LogP contribution < -0.4 is 4.90 Å². The summed E-state index contributed by atoms with van der Waals surface area (Å²) in [7, 11) is -3.69. The lowest BCUT2D eigenvalue weighted by Gasteiger charge is -2.56. The molecular weight excluding hydrogens is 619 g/mol. The normalized spacial score (nSPS) is 21.8. The molecule has 2 saturated carbocycles. The van der Waals surface area contributed by atoms with Crippen molar-refractivity contribution >= 4 is 26.9 Å². The zero-order valence-corrected chi connectivity index (χ0v) is 28.3. The molecule has 0 aromatic heterocycles. The largest absolute Gasteiger partial charge is 0.310 e. The van der Waals surface area contributed by atoms with Crippen LogP contribution in [0.15, 0.2) is 161 Å². The number of sulfone groups is 1. The molecule has 2 aliphatic carbocycles. The average Bonchev–Trinajstić information content (AvgIpc) is 3.15. The Hall–Kier alpha value is -4.93. The smallest absolute Gasteiger partial charge is 0.207 e. The quantitative estimate of drug-likeness (QED) is 0.185. The van der Waals surface area contributed by atoms with Gasteiger partial charge in [0.2, 0.25) is 9.84 Å². The van der Waals surface area contributed by atoms with E-state index in [1.165, 1.54) is 18.4 Å². The summed E-state index contributed by atoms with van der Waals surface area (Å²) in [5.74, 6) is 0.835. The van der Waals surface area contributed by atoms with Crippen LogP contribution in [-0.2, 0) is 15.3 Å². The van der Waals surface area contributed by atoms with Crippen molar-refractivity contribution in [3.63, 3.8) is 0 Å². The van der Waals surface area contributed by atoms with Gasteiger partial charge in [-0.1, -0.05) is 122 Å². The molecule has 1 spiro atoms. The van der Waals surface area contributed by atoms with E-state index in [2.05, 4.69) is 120 Å². The Morgan fingerprint density at radius 1 is 0.490 bits per heavy atom. The molecule has 6 aromatic carbocycles. The Labute approximate surface area is 289 Å². The molecule has 0 saturated heterocycles. The topological polar surface area (TPSA) is 37.4 Å². The number of benzene rings is 6. The zero-order valence-electron chi connectivity index (χ0n) is 27.5. The number of para-hydroxylation sites is 1. The van der Waals surface area contributed by atoms with Gasteiger partial charge in [0.25, 0.3) is 0 Å². The first-order valence-electron chi connectivity index (χ1n) is 17.7. The molecule has 3 aliphatic rings. The molecule has 6 aromatic rings. The summed E-state index contributed by atoms with van der Waals surface area (Å²) in [6.45, 7) is 0. The van der Waals surface area contributed by atoms with E-state index in [0.717, 1.165) is 70.6 Å². The van der Waals surface area contributed by atoms with Crippen molar-refractivity contribution in [2.75, 3.05) is 4.90 Å². The van der Waals surface area contributed by atoms with Crippen molar-refractivity contribution in [2.24, 2.45) is 11.8 Å². The minimum Gasteiger partial charge on any atom is -0.310 e. The highest BCUT2D eigenvalue weighted by molar-refractivity contribution is 7.91. The van der Waals surface area contributed by atoms with E-state index < -0.39 is 9.84 Å². The van der Waals surface area contributed by atoms with Crippen LogP contribution in [0.2, 0.25) is 0 Å². The average molecular weight is 658 g/mol. The standard InChI is InChI=1S/C45H39NO2S/c47-49(48)43-24-10-8-22-40(43)45(35-17-11-18-36(45)20-12-19-35)41-31-38(29-30-44(41)49)46(37-27-25-33(26-28-37)32-13-3-1-4-14-32)42-23-9-7-21-39(42)34-15-5-2-6-16-34/h1-10,13-16,21-31,35-36H,11-12,17-20H2. The maximum absolute atomic E-state index is 14.5. The highest BCUT2D eigenvalue weighted by Gasteiger charge is 2.57. The second kappa shape index (κ2) is 11.9. The first-order valence-corrected chi connectivity index (χ1v) is 19.1. The van der Waals surface area contributed by atoms with E-state index in [-0.39, 0.29) is 5.41 Å². The van der Waals surface area contributed by atoms with Crippen LogP contribution in [0.25, 0.3) is 22.3 Å². The Morgan fingerprint density at radius 2 is 1.02 bits per heavy atom. The summed E-state index contributed by atoms with van der Waals surface area (Å²) >= 11 is 0. The van der Waals surface area contributed by atoms with Crippen molar-refractivity contribution in [1.82, 2.24) is 0 Å². The van der Waals surface area contributed by atoms with E-state index in [1.807, 2.05) is 36.4 Å². The van der Waals surface area contributed by atoms with Crippen LogP contribution in [-0.4, -0.2) is 8.42 Å². The van der Waals surface area contributed by atoms with Gasteiger partial charge < -0.3 is 4.90 Å². The van der Waals surface area contributed by atoms with E-state index in [9.17, 15) is 8.42 Å². The van der Waals surface area contributed by atoms with Gasteiger partial charge in [0.05, 0.1) is 15.5 Å². The van der Waals surface area contributed by atoms with Gasteiger partial charge in [0, 0.05) is 22.4 Å². The summed E-state index contributed by atoms with van der Waals surface area (Å²) in [5, 5.41) is 0. The molecule has 1 heterocycles. The number of fused-ring (bicyclic) bond motifs is 2. The lowest BCUT2D eigenvalue weighted by Crippen LogP contribution is -2.51. The number of hydrogen-bond donors (Lipinski definition) is 0. The fourth-order valence-electron chi connectivity index (χ4n) is 9.55. The number of nitrogens with zero attached hydrogens (tertiary/aromatic N) is 1. The summed E-state index contributed by atoms with van der Waals surface area (Å²) < 4.78 is 28.9. The number of anilines is 3. The number of rotatable bonds is 5. The lowest BCUT2D eigenvalue weighted by atomic mass is 9.49. The van der Waals surface area contributed by atoms with Crippen LogP contribution in [0.3, 0.4) is 0 Å². The molecular formula is C45H39NO2S. The molecule has 0 amide bonds. The minimum absolute atomic E-state index is 0.314. The molecule has 0 radical (unpaired) electrons. The summed E-state index contributed by atoms with van der Waals surface area (Å²) in [6.07, 6.45) is 6.97. The Balaban J connectivity index is 1.29. The van der Waals surface area contributed by atoms with Crippen LogP contribution in [0, 0.1) is 11.8 Å². The first kappa shape index (κ1) is 30.2. The van der Waals surface area contributed by atoms with E-state index in [0.29, 0.717) is 21.6 Å². The molecule has 2 fully saturated rings. The third kappa shape index (κ3) is 4.72. The highest BCUT2D eigenvalue weighted by atomic mass is 32.2. The molecule has 0 unspecified atom stereocenters. The molecule has 9 rings (SSSR count). The predicted molar refractivity (Wildman–Crippen MR) is 199 cm³/mol. The Kier molecular flexibility index (Phi) is 7.32. The van der Waals surface area contributed by atoms with Gasteiger partial charge in [0.15, 0.2) is 0 Å². The molecule has 0 atom stereocenters. The van der Waals surface area contributed by atoms with Crippen molar-refractivity contribution in [2.45, 2.75) is 53.7 Å². The van der Waals surface area contributed by atoms with Crippen molar-refractivity contribution in [1.29, 1.82) is 0 Å².